The third-order valence-corrected chi connectivity index (χ3v) is 15.5. The highest BCUT2D eigenvalue weighted by atomic mass is 15.1. The van der Waals surface area contributed by atoms with Crippen LogP contribution in [0, 0.1) is 0 Å². The number of hydrogen-bond donors (Lipinski definition) is 0. The number of benzene rings is 14. The average Bonchev–Trinajstić information content (AvgIpc) is 3.72. The van der Waals surface area contributed by atoms with Crippen molar-refractivity contribution in [2.45, 2.75) is 5.41 Å². The predicted octanol–water partition coefficient (Wildman–Crippen LogP) is 18.8. The Kier molecular flexibility index (Phi) is 8.61. The Hall–Kier alpha value is -9.24. The molecule has 0 saturated heterocycles. The second-order valence-corrected chi connectivity index (χ2v) is 19.2. The van der Waals surface area contributed by atoms with E-state index in [0.29, 0.717) is 0 Å². The van der Waals surface area contributed by atoms with Gasteiger partial charge in [-0.25, -0.2) is 0 Å². The summed E-state index contributed by atoms with van der Waals surface area (Å²) in [6.45, 7) is 0. The van der Waals surface area contributed by atoms with Gasteiger partial charge >= 0.3 is 0 Å². The van der Waals surface area contributed by atoms with E-state index in [0.717, 1.165) is 34.1 Å². The number of hydrogen-bond acceptors (Lipinski definition) is 2. The highest BCUT2D eigenvalue weighted by Gasteiger charge is 2.47. The van der Waals surface area contributed by atoms with E-state index < -0.39 is 5.41 Å². The summed E-state index contributed by atoms with van der Waals surface area (Å²) in [4.78, 5) is 4.90. The lowest BCUT2D eigenvalue weighted by molar-refractivity contribution is 0.768. The molecule has 0 aliphatic heterocycles. The standard InChI is InChI=1S/C69H44N2/c1-5-19-53(20-6-1)69(54-21-7-2-8-22-54)63-43-57(70(55-23-9-3-10-24-55)59-39-49-31-27-45-15-13-16-46-28-32-50(40-59)67(49)65(45)46)35-37-61(63)62-38-36-58(44-64(62)69)71(56-25-11-4-12-26-56)60-41-51-33-29-47-17-14-18-48-30-34-52(42-60)68(51)66(47)48/h1-44H. The van der Waals surface area contributed by atoms with Crippen molar-refractivity contribution in [3.8, 4) is 11.1 Å². The van der Waals surface area contributed by atoms with E-state index >= 15 is 0 Å². The Morgan fingerprint density at radius 3 is 0.873 bits per heavy atom. The first kappa shape index (κ1) is 39.7. The van der Waals surface area contributed by atoms with Crippen LogP contribution < -0.4 is 9.80 Å². The van der Waals surface area contributed by atoms with Gasteiger partial charge in [-0.1, -0.05) is 194 Å². The molecule has 0 saturated carbocycles. The summed E-state index contributed by atoms with van der Waals surface area (Å²) in [6.07, 6.45) is 0. The summed E-state index contributed by atoms with van der Waals surface area (Å²) in [6, 6.07) is 99.6. The van der Waals surface area contributed by atoms with Crippen LogP contribution in [0.3, 0.4) is 0 Å². The van der Waals surface area contributed by atoms with Gasteiger partial charge in [0.15, 0.2) is 0 Å². The van der Waals surface area contributed by atoms with E-state index in [1.165, 1.54) is 98.0 Å². The van der Waals surface area contributed by atoms with Crippen molar-refractivity contribution in [2.75, 3.05) is 9.80 Å². The lowest BCUT2D eigenvalue weighted by Gasteiger charge is -2.35. The maximum Gasteiger partial charge on any atom is 0.0715 e. The number of anilines is 6. The van der Waals surface area contributed by atoms with Crippen LogP contribution >= 0.6 is 0 Å². The van der Waals surface area contributed by atoms with Crippen LogP contribution in [0.2, 0.25) is 0 Å². The van der Waals surface area contributed by atoms with Crippen molar-refractivity contribution in [1.29, 1.82) is 0 Å². The van der Waals surface area contributed by atoms with E-state index in [1.807, 2.05) is 0 Å². The van der Waals surface area contributed by atoms with Crippen LogP contribution in [-0.2, 0) is 5.41 Å². The van der Waals surface area contributed by atoms with E-state index in [2.05, 4.69) is 277 Å². The molecule has 0 atom stereocenters. The van der Waals surface area contributed by atoms with Crippen LogP contribution in [-0.4, -0.2) is 0 Å². The van der Waals surface area contributed by atoms with Gasteiger partial charge in [0.2, 0.25) is 0 Å². The molecule has 15 rings (SSSR count). The molecule has 0 unspecified atom stereocenters. The van der Waals surface area contributed by atoms with Gasteiger partial charge in [-0.2, -0.15) is 0 Å². The molecule has 0 N–H and O–H groups in total. The fourth-order valence-electron chi connectivity index (χ4n) is 12.5. The second kappa shape index (κ2) is 15.4. The fourth-order valence-corrected chi connectivity index (χ4v) is 12.5. The van der Waals surface area contributed by atoms with Crippen molar-refractivity contribution >= 4 is 98.8 Å². The van der Waals surface area contributed by atoms with Gasteiger partial charge in [0.05, 0.1) is 5.41 Å². The maximum absolute atomic E-state index is 2.49. The van der Waals surface area contributed by atoms with E-state index in [9.17, 15) is 0 Å². The minimum atomic E-state index is -0.662. The smallest absolute Gasteiger partial charge is 0.0715 e. The largest absolute Gasteiger partial charge is 0.310 e. The maximum atomic E-state index is 2.49. The molecule has 2 heteroatoms. The second-order valence-electron chi connectivity index (χ2n) is 19.2. The summed E-state index contributed by atoms with van der Waals surface area (Å²) in [7, 11) is 0. The highest BCUT2D eigenvalue weighted by Crippen LogP contribution is 2.59. The molecule has 71 heavy (non-hydrogen) atoms. The summed E-state index contributed by atoms with van der Waals surface area (Å²) in [5.41, 5.74) is 13.4. The van der Waals surface area contributed by atoms with Crippen molar-refractivity contribution in [1.82, 2.24) is 0 Å². The lowest BCUT2D eigenvalue weighted by atomic mass is 9.67. The summed E-state index contributed by atoms with van der Waals surface area (Å²) < 4.78 is 0. The Morgan fingerprint density at radius 1 is 0.211 bits per heavy atom. The van der Waals surface area contributed by atoms with Crippen LogP contribution in [0.5, 0.6) is 0 Å². The van der Waals surface area contributed by atoms with Crippen molar-refractivity contribution in [3.05, 3.63) is 289 Å². The SMILES string of the molecule is c1ccc(N(c2ccc3c(c2)C(c2ccccc2)(c2ccccc2)c2cc(N(c4ccccc4)c4cc5ccc6cccc7ccc(c4)c5c67)ccc2-3)c2cc3ccc4cccc5ccc(c2)c3c45)cc1. The molecule has 0 aromatic heterocycles. The first-order valence-corrected chi connectivity index (χ1v) is 24.7. The molecule has 0 fully saturated rings. The number of fused-ring (bicyclic) bond motifs is 3. The zero-order chi connectivity index (χ0) is 46.6. The van der Waals surface area contributed by atoms with Gasteiger partial charge < -0.3 is 9.80 Å². The predicted molar refractivity (Wildman–Crippen MR) is 301 cm³/mol. The molecular weight excluding hydrogens is 857 g/mol. The van der Waals surface area contributed by atoms with Crippen LogP contribution in [0.25, 0.3) is 75.8 Å². The number of nitrogens with zero attached hydrogens (tertiary/aromatic N) is 2. The molecule has 1 aliphatic rings. The minimum absolute atomic E-state index is 0.662. The molecule has 0 spiro atoms. The molecule has 0 amide bonds. The first-order valence-electron chi connectivity index (χ1n) is 24.7. The zero-order valence-corrected chi connectivity index (χ0v) is 38.8. The van der Waals surface area contributed by atoms with Gasteiger partial charge in [-0.05, 0) is 171 Å². The van der Waals surface area contributed by atoms with Crippen LogP contribution in [0.4, 0.5) is 34.1 Å². The third-order valence-electron chi connectivity index (χ3n) is 15.5. The number of para-hydroxylation sites is 2. The Labute approximate surface area is 412 Å². The fraction of sp³-hybridized carbons (Fsp3) is 0.0145. The molecule has 14 aromatic rings. The van der Waals surface area contributed by atoms with Crippen LogP contribution in [0.15, 0.2) is 267 Å². The molecule has 0 radical (unpaired) electrons. The molecule has 1 aliphatic carbocycles. The first-order chi connectivity index (χ1) is 35.2. The van der Waals surface area contributed by atoms with Crippen molar-refractivity contribution in [3.63, 3.8) is 0 Å². The topological polar surface area (TPSA) is 6.48 Å². The van der Waals surface area contributed by atoms with Gasteiger partial charge in [0.1, 0.15) is 0 Å². The lowest BCUT2D eigenvalue weighted by Crippen LogP contribution is -2.29. The quantitative estimate of drug-likeness (QED) is 0.140. The normalized spacial score (nSPS) is 12.9. The van der Waals surface area contributed by atoms with Gasteiger partial charge in [0, 0.05) is 34.1 Å². The summed E-state index contributed by atoms with van der Waals surface area (Å²) in [5.74, 6) is 0. The molecular formula is C69H44N2. The Bertz CT molecular complexity index is 3930. The summed E-state index contributed by atoms with van der Waals surface area (Å²) >= 11 is 0. The Balaban J connectivity index is 0.968. The molecule has 0 bridgehead atoms. The zero-order valence-electron chi connectivity index (χ0n) is 38.8. The van der Waals surface area contributed by atoms with E-state index in [-0.39, 0.29) is 0 Å². The molecule has 0 heterocycles. The van der Waals surface area contributed by atoms with E-state index in [1.54, 1.807) is 0 Å². The molecule has 14 aromatic carbocycles. The highest BCUT2D eigenvalue weighted by molar-refractivity contribution is 6.25. The van der Waals surface area contributed by atoms with Crippen molar-refractivity contribution < 1.29 is 0 Å². The minimum Gasteiger partial charge on any atom is -0.310 e. The van der Waals surface area contributed by atoms with Gasteiger partial charge in [-0.15, -0.1) is 0 Å². The van der Waals surface area contributed by atoms with Crippen LogP contribution in [0.1, 0.15) is 22.3 Å². The molecule has 2 nitrogen and oxygen atoms in total. The average molecular weight is 901 g/mol. The monoisotopic (exact) mass is 900 g/mol. The Morgan fingerprint density at radius 2 is 0.521 bits per heavy atom. The molecule has 330 valence electrons. The number of rotatable bonds is 8. The van der Waals surface area contributed by atoms with E-state index in [4.69, 9.17) is 0 Å². The van der Waals surface area contributed by atoms with Crippen molar-refractivity contribution in [2.24, 2.45) is 0 Å². The third kappa shape index (κ3) is 5.89. The van der Waals surface area contributed by atoms with Gasteiger partial charge in [0.25, 0.3) is 0 Å². The summed E-state index contributed by atoms with van der Waals surface area (Å²) in [5, 5.41) is 15.3. The van der Waals surface area contributed by atoms with Gasteiger partial charge in [-0.3, -0.25) is 0 Å².